The minimum atomic E-state index is -0.0509. The van der Waals surface area contributed by atoms with Crippen molar-refractivity contribution in [3.63, 3.8) is 0 Å². The van der Waals surface area contributed by atoms with Crippen LogP contribution in [0.5, 0.6) is 0 Å². The molecule has 0 aromatic heterocycles. The van der Waals surface area contributed by atoms with Gasteiger partial charge in [-0.1, -0.05) is 12.2 Å². The average Bonchev–Trinajstić information content (AvgIpc) is 1.69. The van der Waals surface area contributed by atoms with Gasteiger partial charge in [-0.05, 0) is 25.7 Å². The molecule has 0 amide bonds. The molecule has 0 saturated heterocycles. The van der Waals surface area contributed by atoms with Crippen molar-refractivity contribution in [2.45, 2.75) is 12.8 Å². The molecule has 0 aliphatic heterocycles. The summed E-state index contributed by atoms with van der Waals surface area (Å²) in [7, 11) is 0. The molecule has 1 aliphatic rings. The molecule has 6 heavy (non-hydrogen) atoms. The molecule has 0 nitrogen and oxygen atoms in total. The second kappa shape index (κ2) is 2.01. The van der Waals surface area contributed by atoms with Gasteiger partial charge >= 0.3 is 0 Å². The van der Waals surface area contributed by atoms with Gasteiger partial charge in [0.2, 0.25) is 0 Å². The third-order valence-corrected chi connectivity index (χ3v) is 0.767. The van der Waals surface area contributed by atoms with Gasteiger partial charge in [-0.3, -0.25) is 0 Å². The Kier molecular flexibility index (Phi) is 0.952. The fourth-order valence-electron chi connectivity index (χ4n) is 0.457. The van der Waals surface area contributed by atoms with E-state index >= 15 is 0 Å². The third-order valence-electron chi connectivity index (χ3n) is 0.767. The van der Waals surface area contributed by atoms with Crippen LogP contribution in [-0.4, -0.2) is 0 Å². The highest BCUT2D eigenvalue weighted by Crippen LogP contribution is 2.04. The summed E-state index contributed by atoms with van der Waals surface area (Å²) in [5, 5.41) is 0. The zero-order valence-corrected chi connectivity index (χ0v) is 3.59. The molecule has 0 heteroatoms. The lowest BCUT2D eigenvalue weighted by Gasteiger charge is -1.96. The monoisotopic (exact) mass is 81.1 g/mol. The number of hydrogen-bond acceptors (Lipinski definition) is 0. The molecule has 32 valence electrons. The average molecular weight is 81.1 g/mol. The molecule has 0 aromatic carbocycles. The van der Waals surface area contributed by atoms with E-state index in [1.807, 2.05) is 25.0 Å². The summed E-state index contributed by atoms with van der Waals surface area (Å²) in [5.41, 5.74) is 0. The number of hydrogen-bond donors (Lipinski definition) is 0. The predicted molar refractivity (Wildman–Crippen MR) is 27.0 cm³/mol. The molecule has 0 spiro atoms. The lowest BCUT2D eigenvalue weighted by molar-refractivity contribution is 1.03. The van der Waals surface area contributed by atoms with Crippen LogP contribution in [-0.2, 0) is 0 Å². The van der Waals surface area contributed by atoms with Crippen LogP contribution in [0.3, 0.4) is 0 Å². The van der Waals surface area contributed by atoms with E-state index in [0.717, 1.165) is 6.42 Å². The van der Waals surface area contributed by atoms with Gasteiger partial charge in [0.15, 0.2) is 0 Å². The largest absolute Gasteiger partial charge is 0.0880 e. The van der Waals surface area contributed by atoms with Crippen molar-refractivity contribution < 1.29 is 1.37 Å². The van der Waals surface area contributed by atoms with Crippen LogP contribution < -0.4 is 0 Å². The van der Waals surface area contributed by atoms with Gasteiger partial charge in [0.05, 0.1) is 0 Å². The van der Waals surface area contributed by atoms with Crippen LogP contribution in [0.2, 0.25) is 0 Å². The summed E-state index contributed by atoms with van der Waals surface area (Å²) in [6.07, 6.45) is 8.72. The molecule has 0 unspecified atom stereocenters. The summed E-state index contributed by atoms with van der Waals surface area (Å²) in [6, 6.07) is 0. The van der Waals surface area contributed by atoms with E-state index in [1.165, 1.54) is 0 Å². The Morgan fingerprint density at radius 3 is 3.00 bits per heavy atom. The highest BCUT2D eigenvalue weighted by molar-refractivity contribution is 5.04. The van der Waals surface area contributed by atoms with Crippen molar-refractivity contribution in [2.75, 3.05) is 0 Å². The van der Waals surface area contributed by atoms with Gasteiger partial charge in [0.1, 0.15) is 0 Å². The first kappa shape index (κ1) is 2.84. The predicted octanol–water partition coefficient (Wildman–Crippen LogP) is 1.74. The number of allylic oxidation sites excluding steroid dienone is 2. The van der Waals surface area contributed by atoms with Gasteiger partial charge < -0.3 is 0 Å². The van der Waals surface area contributed by atoms with Crippen molar-refractivity contribution in [3.05, 3.63) is 25.0 Å². The molecule has 0 heterocycles. The molecule has 1 aliphatic carbocycles. The third kappa shape index (κ3) is 0.852. The molecule has 0 fully saturated rings. The first-order valence-electron chi connectivity index (χ1n) is 2.73. The maximum Gasteiger partial charge on any atom is 0.0313 e. The zero-order chi connectivity index (χ0) is 5.11. The first-order valence-corrected chi connectivity index (χ1v) is 2.15. The Labute approximate surface area is 40.3 Å². The van der Waals surface area contributed by atoms with Crippen LogP contribution >= 0.6 is 0 Å². The number of rotatable bonds is 0. The zero-order valence-electron chi connectivity index (χ0n) is 4.59. The van der Waals surface area contributed by atoms with Crippen molar-refractivity contribution in [2.24, 2.45) is 0 Å². The van der Waals surface area contributed by atoms with Crippen molar-refractivity contribution in [1.82, 2.24) is 0 Å². The van der Waals surface area contributed by atoms with E-state index in [2.05, 4.69) is 0 Å². The van der Waals surface area contributed by atoms with E-state index in [1.54, 1.807) is 0 Å². The van der Waals surface area contributed by atoms with Gasteiger partial charge in [-0.15, -0.1) is 0 Å². The molecule has 0 aromatic rings. The minimum Gasteiger partial charge on any atom is -0.0880 e. The standard InChI is InChI=1S/C6H8/c1-2-4-6-5-3-1/h1-3,6H,4-5H2/i4D/t4-/m1/s1. The Bertz CT molecular complexity index is 76.2. The van der Waals surface area contributed by atoms with E-state index in [4.69, 9.17) is 1.37 Å². The Hall–Kier alpha value is -0.260. The van der Waals surface area contributed by atoms with Crippen LogP contribution in [0.25, 0.3) is 0 Å². The van der Waals surface area contributed by atoms with Crippen LogP contribution in [0, 0.1) is 12.8 Å². The van der Waals surface area contributed by atoms with E-state index < -0.39 is 0 Å². The fraction of sp³-hybridized carbons (Fsp3) is 0.333. The Morgan fingerprint density at radius 1 is 1.67 bits per heavy atom. The molecule has 0 bridgehead atoms. The van der Waals surface area contributed by atoms with Crippen molar-refractivity contribution in [1.29, 1.82) is 0 Å². The van der Waals surface area contributed by atoms with Gasteiger partial charge in [0, 0.05) is 1.37 Å². The van der Waals surface area contributed by atoms with E-state index in [-0.39, 0.29) is 6.40 Å². The van der Waals surface area contributed by atoms with Crippen LogP contribution in [0.15, 0.2) is 12.2 Å². The summed E-state index contributed by atoms with van der Waals surface area (Å²) in [6.45, 7) is 0. The molecular weight excluding hydrogens is 72.1 g/mol. The fourth-order valence-corrected chi connectivity index (χ4v) is 0.457. The lowest BCUT2D eigenvalue weighted by atomic mass is 10.1. The SMILES string of the molecule is [2H][C@H]1[CH]C[CH]C=C1. The maximum absolute atomic E-state index is 7.11. The van der Waals surface area contributed by atoms with Gasteiger partial charge in [0.25, 0.3) is 0 Å². The van der Waals surface area contributed by atoms with Crippen molar-refractivity contribution >= 4 is 0 Å². The first-order chi connectivity index (χ1) is 3.39. The minimum absolute atomic E-state index is 0.0509. The Balaban J connectivity index is 2.36. The maximum atomic E-state index is 7.11. The summed E-state index contributed by atoms with van der Waals surface area (Å²) in [5.74, 6) is 0. The van der Waals surface area contributed by atoms with Crippen LogP contribution in [0.4, 0.5) is 0 Å². The molecule has 1 rings (SSSR count). The smallest absolute Gasteiger partial charge is 0.0313 e. The van der Waals surface area contributed by atoms with E-state index in [0.29, 0.717) is 0 Å². The highest BCUT2D eigenvalue weighted by atomic mass is 13.9. The Morgan fingerprint density at radius 2 is 2.67 bits per heavy atom. The van der Waals surface area contributed by atoms with Crippen molar-refractivity contribution in [3.8, 4) is 0 Å². The normalized spacial score (nSPS) is 36.0. The quantitative estimate of drug-likeness (QED) is 0.416. The van der Waals surface area contributed by atoms with Crippen LogP contribution in [0.1, 0.15) is 14.2 Å². The molecule has 2 radical (unpaired) electrons. The molecule has 0 N–H and O–H groups in total. The second-order valence-electron chi connectivity index (χ2n) is 1.28. The lowest BCUT2D eigenvalue weighted by Crippen LogP contribution is -1.79. The molecular formula is C6H8. The summed E-state index contributed by atoms with van der Waals surface area (Å²) in [4.78, 5) is 0. The molecule has 0 saturated carbocycles. The topological polar surface area (TPSA) is 0 Å². The summed E-state index contributed by atoms with van der Waals surface area (Å²) < 4.78 is 7.11. The van der Waals surface area contributed by atoms with E-state index in [9.17, 15) is 0 Å². The highest BCUT2D eigenvalue weighted by Gasteiger charge is 1.88. The second-order valence-corrected chi connectivity index (χ2v) is 1.28. The van der Waals surface area contributed by atoms with Gasteiger partial charge in [-0.2, -0.15) is 0 Å². The summed E-state index contributed by atoms with van der Waals surface area (Å²) >= 11 is 0. The van der Waals surface area contributed by atoms with Gasteiger partial charge in [-0.25, -0.2) is 0 Å². The molecule has 1 atom stereocenters.